The van der Waals surface area contributed by atoms with Crippen molar-refractivity contribution < 1.29 is 5.11 Å². The first-order chi connectivity index (χ1) is 9.76. The molecule has 2 aromatic rings. The van der Waals surface area contributed by atoms with E-state index in [1.807, 2.05) is 30.3 Å². The molecule has 0 saturated heterocycles. The van der Waals surface area contributed by atoms with Crippen LogP contribution in [0.5, 0.6) is 0 Å². The lowest BCUT2D eigenvalue weighted by Crippen LogP contribution is -2.34. The third kappa shape index (κ3) is 3.47. The zero-order chi connectivity index (χ0) is 14.4. The zero-order valence-electron chi connectivity index (χ0n) is 12.2. The van der Waals surface area contributed by atoms with Gasteiger partial charge in [0.05, 0.1) is 6.10 Å². The molecule has 2 rings (SSSR count). The van der Waals surface area contributed by atoms with Crippen LogP contribution in [0.25, 0.3) is 11.1 Å². The van der Waals surface area contributed by atoms with Gasteiger partial charge in [-0.1, -0.05) is 68.4 Å². The Bertz CT molecular complexity index is 507. The molecule has 106 valence electrons. The highest BCUT2D eigenvalue weighted by atomic mass is 16.3. The zero-order valence-corrected chi connectivity index (χ0v) is 12.2. The van der Waals surface area contributed by atoms with E-state index in [0.717, 1.165) is 18.5 Å². The normalized spacial score (nSPS) is 13.9. The van der Waals surface area contributed by atoms with Gasteiger partial charge in [-0.2, -0.15) is 0 Å². The Morgan fingerprint density at radius 3 is 2.05 bits per heavy atom. The second-order valence-corrected chi connectivity index (χ2v) is 5.01. The molecule has 0 radical (unpaired) electrons. The first kappa shape index (κ1) is 14.8. The van der Waals surface area contributed by atoms with Crippen LogP contribution in [0.3, 0.4) is 0 Å². The van der Waals surface area contributed by atoms with E-state index in [-0.39, 0.29) is 6.04 Å². The fraction of sp³-hybridized carbons (Fsp3) is 0.333. The van der Waals surface area contributed by atoms with Gasteiger partial charge < -0.3 is 10.4 Å². The van der Waals surface area contributed by atoms with Crippen LogP contribution in [0.15, 0.2) is 54.6 Å². The minimum Gasteiger partial charge on any atom is -0.387 e. The first-order valence-corrected chi connectivity index (χ1v) is 7.33. The molecule has 0 fully saturated rings. The lowest BCUT2D eigenvalue weighted by atomic mass is 9.97. The maximum atomic E-state index is 10.4. The molecule has 2 nitrogen and oxygen atoms in total. The monoisotopic (exact) mass is 269 g/mol. The maximum absolute atomic E-state index is 10.4. The van der Waals surface area contributed by atoms with Gasteiger partial charge in [0, 0.05) is 6.04 Å². The molecule has 0 aliphatic heterocycles. The molecule has 0 aliphatic rings. The predicted molar refractivity (Wildman–Crippen MR) is 84.6 cm³/mol. The van der Waals surface area contributed by atoms with E-state index < -0.39 is 6.10 Å². The van der Waals surface area contributed by atoms with Crippen LogP contribution in [0.4, 0.5) is 0 Å². The molecule has 0 spiro atoms. The van der Waals surface area contributed by atoms with E-state index >= 15 is 0 Å². The summed E-state index contributed by atoms with van der Waals surface area (Å²) in [6.45, 7) is 5.03. The Labute approximate surface area is 121 Å². The predicted octanol–water partition coefficient (Wildman–Crippen LogP) is 3.78. The van der Waals surface area contributed by atoms with E-state index in [1.165, 1.54) is 11.1 Å². The molecular formula is C18H23NO. The summed E-state index contributed by atoms with van der Waals surface area (Å²) < 4.78 is 0. The van der Waals surface area contributed by atoms with Crippen molar-refractivity contribution in [1.82, 2.24) is 5.32 Å². The molecule has 0 bridgehead atoms. The summed E-state index contributed by atoms with van der Waals surface area (Å²) in [7, 11) is 0. The van der Waals surface area contributed by atoms with Crippen LogP contribution >= 0.6 is 0 Å². The summed E-state index contributed by atoms with van der Waals surface area (Å²) in [5.41, 5.74) is 3.35. The van der Waals surface area contributed by atoms with Crippen molar-refractivity contribution in [2.75, 3.05) is 6.54 Å². The number of likely N-dealkylation sites (N-methyl/N-ethyl adjacent to an activating group) is 1. The van der Waals surface area contributed by atoms with Gasteiger partial charge in [0.2, 0.25) is 0 Å². The Kier molecular flexibility index (Phi) is 5.33. The SMILES string of the molecule is CCNC(CC)C(O)c1ccc(-c2ccccc2)cc1. The van der Waals surface area contributed by atoms with Gasteiger partial charge in [-0.3, -0.25) is 0 Å². The van der Waals surface area contributed by atoms with Crippen molar-refractivity contribution in [1.29, 1.82) is 0 Å². The highest BCUT2D eigenvalue weighted by Gasteiger charge is 2.17. The van der Waals surface area contributed by atoms with Gasteiger partial charge in [0.15, 0.2) is 0 Å². The van der Waals surface area contributed by atoms with Gasteiger partial charge in [0.1, 0.15) is 0 Å². The number of nitrogens with one attached hydrogen (secondary N) is 1. The number of rotatable bonds is 6. The third-order valence-corrected chi connectivity index (χ3v) is 3.65. The van der Waals surface area contributed by atoms with Gasteiger partial charge >= 0.3 is 0 Å². The average Bonchev–Trinajstić information content (AvgIpc) is 2.53. The lowest BCUT2D eigenvalue weighted by molar-refractivity contribution is 0.127. The molecule has 0 aliphatic carbocycles. The molecular weight excluding hydrogens is 246 g/mol. The largest absolute Gasteiger partial charge is 0.387 e. The fourth-order valence-corrected chi connectivity index (χ4v) is 2.48. The van der Waals surface area contributed by atoms with Gasteiger partial charge in [0.25, 0.3) is 0 Å². The van der Waals surface area contributed by atoms with E-state index in [9.17, 15) is 5.11 Å². The number of hydrogen-bond donors (Lipinski definition) is 2. The molecule has 2 aromatic carbocycles. The molecule has 0 saturated carbocycles. The van der Waals surface area contributed by atoms with Gasteiger partial charge in [-0.25, -0.2) is 0 Å². The van der Waals surface area contributed by atoms with Gasteiger partial charge in [-0.15, -0.1) is 0 Å². The van der Waals surface area contributed by atoms with Crippen LogP contribution in [0, 0.1) is 0 Å². The molecule has 0 amide bonds. The van der Waals surface area contributed by atoms with Crippen LogP contribution < -0.4 is 5.32 Å². The molecule has 20 heavy (non-hydrogen) atoms. The van der Waals surface area contributed by atoms with E-state index in [2.05, 4.69) is 43.4 Å². The van der Waals surface area contributed by atoms with Crippen LogP contribution in [-0.4, -0.2) is 17.7 Å². The van der Waals surface area contributed by atoms with Crippen molar-refractivity contribution in [3.05, 3.63) is 60.2 Å². The Morgan fingerprint density at radius 1 is 0.900 bits per heavy atom. The molecule has 2 N–H and O–H groups in total. The van der Waals surface area contributed by atoms with Crippen molar-refractivity contribution in [3.63, 3.8) is 0 Å². The second kappa shape index (κ2) is 7.22. The van der Waals surface area contributed by atoms with Crippen molar-refractivity contribution in [3.8, 4) is 11.1 Å². The van der Waals surface area contributed by atoms with E-state index in [0.29, 0.717) is 0 Å². The standard InChI is InChI=1S/C18H23NO/c1-3-17(19-4-2)18(20)16-12-10-15(11-13-16)14-8-6-5-7-9-14/h5-13,17-20H,3-4H2,1-2H3. The van der Waals surface area contributed by atoms with Crippen molar-refractivity contribution in [2.45, 2.75) is 32.4 Å². The quantitative estimate of drug-likeness (QED) is 0.836. The van der Waals surface area contributed by atoms with Crippen LogP contribution in [0.2, 0.25) is 0 Å². The summed E-state index contributed by atoms with van der Waals surface area (Å²) >= 11 is 0. The lowest BCUT2D eigenvalue weighted by Gasteiger charge is -2.22. The molecule has 2 atom stereocenters. The second-order valence-electron chi connectivity index (χ2n) is 5.01. The number of aliphatic hydroxyl groups excluding tert-OH is 1. The summed E-state index contributed by atoms with van der Waals surface area (Å²) in [4.78, 5) is 0. The fourth-order valence-electron chi connectivity index (χ4n) is 2.48. The molecule has 2 heteroatoms. The summed E-state index contributed by atoms with van der Waals surface area (Å²) in [5.74, 6) is 0. The van der Waals surface area contributed by atoms with E-state index in [4.69, 9.17) is 0 Å². The molecule has 0 heterocycles. The minimum atomic E-state index is -0.454. The van der Waals surface area contributed by atoms with Crippen LogP contribution in [0.1, 0.15) is 31.9 Å². The Hall–Kier alpha value is -1.64. The van der Waals surface area contributed by atoms with Crippen molar-refractivity contribution in [2.24, 2.45) is 0 Å². The number of aliphatic hydroxyl groups is 1. The highest BCUT2D eigenvalue weighted by Crippen LogP contribution is 2.24. The number of benzene rings is 2. The first-order valence-electron chi connectivity index (χ1n) is 7.33. The molecule has 2 unspecified atom stereocenters. The summed E-state index contributed by atoms with van der Waals surface area (Å²) in [6, 6.07) is 18.6. The Morgan fingerprint density at radius 2 is 1.50 bits per heavy atom. The van der Waals surface area contributed by atoms with Crippen molar-refractivity contribution >= 4 is 0 Å². The Balaban J connectivity index is 2.15. The average molecular weight is 269 g/mol. The van der Waals surface area contributed by atoms with Crippen LogP contribution in [-0.2, 0) is 0 Å². The summed E-state index contributed by atoms with van der Waals surface area (Å²) in [6.07, 6.45) is 0.458. The topological polar surface area (TPSA) is 32.3 Å². The van der Waals surface area contributed by atoms with E-state index in [1.54, 1.807) is 0 Å². The van der Waals surface area contributed by atoms with Gasteiger partial charge in [-0.05, 0) is 29.7 Å². The summed E-state index contributed by atoms with van der Waals surface area (Å²) in [5, 5.41) is 13.7. The highest BCUT2D eigenvalue weighted by molar-refractivity contribution is 5.63. The smallest absolute Gasteiger partial charge is 0.0942 e. The molecule has 0 aromatic heterocycles. The number of hydrogen-bond acceptors (Lipinski definition) is 2. The minimum absolute atomic E-state index is 0.113. The maximum Gasteiger partial charge on any atom is 0.0942 e. The third-order valence-electron chi connectivity index (χ3n) is 3.65.